The molecule has 2 saturated heterocycles. The van der Waals surface area contributed by atoms with Gasteiger partial charge >= 0.3 is 0 Å². The van der Waals surface area contributed by atoms with Crippen LogP contribution >= 0.6 is 0 Å². The highest BCUT2D eigenvalue weighted by atomic mass is 15.3. The van der Waals surface area contributed by atoms with Crippen LogP contribution in [0.1, 0.15) is 27.2 Å². The summed E-state index contributed by atoms with van der Waals surface area (Å²) in [6.07, 6.45) is 1.25. The normalized spacial score (nSPS) is 24.2. The summed E-state index contributed by atoms with van der Waals surface area (Å²) in [6, 6.07) is 0.713. The third-order valence-electron chi connectivity index (χ3n) is 3.51. The van der Waals surface area contributed by atoms with E-state index in [9.17, 15) is 0 Å². The monoisotopic (exact) mass is 256 g/mol. The molecule has 2 aliphatic rings. The molecule has 4 nitrogen and oxygen atoms in total. The summed E-state index contributed by atoms with van der Waals surface area (Å²) >= 11 is 0. The van der Waals surface area contributed by atoms with E-state index >= 15 is 0 Å². The first kappa shape index (κ1) is 15.9. The van der Waals surface area contributed by atoms with Crippen molar-refractivity contribution in [1.82, 2.24) is 20.4 Å². The van der Waals surface area contributed by atoms with E-state index in [0.29, 0.717) is 6.04 Å². The predicted molar refractivity (Wildman–Crippen MR) is 79.2 cm³/mol. The van der Waals surface area contributed by atoms with Gasteiger partial charge in [-0.15, -0.1) is 0 Å². The molecule has 2 rings (SSSR count). The second kappa shape index (κ2) is 9.73. The fraction of sp³-hybridized carbons (Fsp3) is 1.00. The van der Waals surface area contributed by atoms with Gasteiger partial charge in [0.05, 0.1) is 0 Å². The first-order chi connectivity index (χ1) is 8.77. The molecule has 0 aromatic carbocycles. The Hall–Kier alpha value is -0.160. The zero-order chi connectivity index (χ0) is 13.2. The largest absolute Gasteiger partial charge is 0.314 e. The van der Waals surface area contributed by atoms with Gasteiger partial charge in [0.15, 0.2) is 0 Å². The van der Waals surface area contributed by atoms with Crippen LogP contribution in [0.25, 0.3) is 0 Å². The molecule has 2 fully saturated rings. The number of hydrogen-bond acceptors (Lipinski definition) is 4. The third-order valence-corrected chi connectivity index (χ3v) is 3.51. The lowest BCUT2D eigenvalue weighted by Gasteiger charge is -2.37. The molecular formula is C14H32N4. The van der Waals surface area contributed by atoms with E-state index in [0.717, 1.165) is 26.2 Å². The summed E-state index contributed by atoms with van der Waals surface area (Å²) in [4.78, 5) is 5.20. The molecule has 1 atom stereocenters. The molecular weight excluding hydrogens is 224 g/mol. The topological polar surface area (TPSA) is 30.5 Å². The number of piperazine rings is 2. The van der Waals surface area contributed by atoms with Gasteiger partial charge in [0.25, 0.3) is 0 Å². The minimum atomic E-state index is 0.713. The van der Waals surface area contributed by atoms with Crippen LogP contribution in [-0.4, -0.2) is 74.7 Å². The van der Waals surface area contributed by atoms with Crippen LogP contribution in [0.3, 0.4) is 0 Å². The van der Waals surface area contributed by atoms with Crippen LogP contribution in [0.2, 0.25) is 0 Å². The second-order valence-corrected chi connectivity index (χ2v) is 5.39. The number of rotatable bonds is 3. The first-order valence-electron chi connectivity index (χ1n) is 7.65. The fourth-order valence-corrected chi connectivity index (χ4v) is 2.51. The average molecular weight is 256 g/mol. The van der Waals surface area contributed by atoms with Gasteiger partial charge < -0.3 is 10.6 Å². The van der Waals surface area contributed by atoms with E-state index in [1.54, 1.807) is 0 Å². The Labute approximate surface area is 113 Å². The molecule has 2 heterocycles. The quantitative estimate of drug-likeness (QED) is 0.774. The van der Waals surface area contributed by atoms with Crippen LogP contribution < -0.4 is 10.6 Å². The van der Waals surface area contributed by atoms with E-state index in [1.807, 2.05) is 0 Å². The molecule has 1 unspecified atom stereocenters. The van der Waals surface area contributed by atoms with Gasteiger partial charge in [-0.1, -0.05) is 20.3 Å². The third kappa shape index (κ3) is 6.14. The highest BCUT2D eigenvalue weighted by Gasteiger charge is 2.19. The molecule has 2 aliphatic heterocycles. The SMILES string of the molecule is CC(CN1CCNCC1)N1CCNCC1.CCC. The number of nitrogens with one attached hydrogen (secondary N) is 2. The summed E-state index contributed by atoms with van der Waals surface area (Å²) in [5.41, 5.74) is 0. The van der Waals surface area contributed by atoms with E-state index in [1.165, 1.54) is 39.1 Å². The van der Waals surface area contributed by atoms with Crippen molar-refractivity contribution in [1.29, 1.82) is 0 Å². The Kier molecular flexibility index (Phi) is 8.59. The van der Waals surface area contributed by atoms with E-state index in [-0.39, 0.29) is 0 Å². The lowest BCUT2D eigenvalue weighted by Crippen LogP contribution is -2.53. The molecule has 0 saturated carbocycles. The maximum absolute atomic E-state index is 3.41. The number of hydrogen-bond donors (Lipinski definition) is 2. The van der Waals surface area contributed by atoms with Crippen molar-refractivity contribution < 1.29 is 0 Å². The lowest BCUT2D eigenvalue weighted by molar-refractivity contribution is 0.127. The molecule has 4 heteroatoms. The van der Waals surface area contributed by atoms with Crippen LogP contribution in [0.4, 0.5) is 0 Å². The summed E-state index contributed by atoms with van der Waals surface area (Å²) in [5.74, 6) is 0. The molecule has 18 heavy (non-hydrogen) atoms. The first-order valence-corrected chi connectivity index (χ1v) is 7.65. The highest BCUT2D eigenvalue weighted by molar-refractivity contribution is 4.78. The average Bonchev–Trinajstić information content (AvgIpc) is 2.42. The van der Waals surface area contributed by atoms with E-state index in [4.69, 9.17) is 0 Å². The Morgan fingerprint density at radius 3 is 1.83 bits per heavy atom. The Morgan fingerprint density at radius 2 is 1.33 bits per heavy atom. The van der Waals surface area contributed by atoms with Crippen LogP contribution in [0.15, 0.2) is 0 Å². The molecule has 0 aliphatic carbocycles. The lowest BCUT2D eigenvalue weighted by atomic mass is 10.2. The fourth-order valence-electron chi connectivity index (χ4n) is 2.51. The van der Waals surface area contributed by atoms with Crippen molar-refractivity contribution in [2.75, 3.05) is 58.9 Å². The Bertz CT molecular complexity index is 186. The Morgan fingerprint density at radius 1 is 0.889 bits per heavy atom. The van der Waals surface area contributed by atoms with Crippen molar-refractivity contribution >= 4 is 0 Å². The van der Waals surface area contributed by atoms with Crippen LogP contribution in [-0.2, 0) is 0 Å². The zero-order valence-electron chi connectivity index (χ0n) is 12.5. The maximum Gasteiger partial charge on any atom is 0.0195 e. The molecule has 0 bridgehead atoms. The molecule has 0 radical (unpaired) electrons. The summed E-state index contributed by atoms with van der Waals surface area (Å²) < 4.78 is 0. The van der Waals surface area contributed by atoms with Crippen molar-refractivity contribution in [3.8, 4) is 0 Å². The molecule has 0 aromatic rings. The van der Waals surface area contributed by atoms with Gasteiger partial charge in [-0.3, -0.25) is 9.80 Å². The van der Waals surface area contributed by atoms with Gasteiger partial charge in [-0.2, -0.15) is 0 Å². The van der Waals surface area contributed by atoms with Crippen molar-refractivity contribution in [2.45, 2.75) is 33.2 Å². The summed E-state index contributed by atoms with van der Waals surface area (Å²) in [7, 11) is 0. The van der Waals surface area contributed by atoms with Gasteiger partial charge in [-0.25, -0.2) is 0 Å². The molecule has 0 spiro atoms. The molecule has 0 aromatic heterocycles. The van der Waals surface area contributed by atoms with E-state index in [2.05, 4.69) is 41.2 Å². The van der Waals surface area contributed by atoms with Crippen molar-refractivity contribution in [3.05, 3.63) is 0 Å². The van der Waals surface area contributed by atoms with Gasteiger partial charge in [0, 0.05) is 64.9 Å². The maximum atomic E-state index is 3.41. The van der Waals surface area contributed by atoms with Gasteiger partial charge in [0.2, 0.25) is 0 Å². The summed E-state index contributed by atoms with van der Waals surface area (Å²) in [5, 5.41) is 6.81. The smallest absolute Gasteiger partial charge is 0.0195 e. The molecule has 108 valence electrons. The van der Waals surface area contributed by atoms with Crippen LogP contribution in [0, 0.1) is 0 Å². The zero-order valence-corrected chi connectivity index (χ0v) is 12.5. The number of nitrogens with zero attached hydrogens (tertiary/aromatic N) is 2. The van der Waals surface area contributed by atoms with Crippen molar-refractivity contribution in [2.24, 2.45) is 0 Å². The predicted octanol–water partition coefficient (Wildman–Crippen LogP) is 0.602. The molecule has 0 amide bonds. The Balaban J connectivity index is 0.000000492. The van der Waals surface area contributed by atoms with Crippen LogP contribution in [0.5, 0.6) is 0 Å². The second-order valence-electron chi connectivity index (χ2n) is 5.39. The van der Waals surface area contributed by atoms with Gasteiger partial charge in [0.1, 0.15) is 0 Å². The minimum Gasteiger partial charge on any atom is -0.314 e. The molecule has 2 N–H and O–H groups in total. The van der Waals surface area contributed by atoms with Gasteiger partial charge in [-0.05, 0) is 6.92 Å². The summed E-state index contributed by atoms with van der Waals surface area (Å²) in [6.45, 7) is 17.4. The van der Waals surface area contributed by atoms with E-state index < -0.39 is 0 Å². The standard InChI is InChI=1S/C11H24N4.C3H8/c1-11(15-8-4-13-5-9-15)10-14-6-2-12-3-7-14;1-3-2/h11-13H,2-10H2,1H3;3H2,1-2H3. The highest BCUT2D eigenvalue weighted by Crippen LogP contribution is 2.04. The minimum absolute atomic E-state index is 0.713. The van der Waals surface area contributed by atoms with Crippen molar-refractivity contribution in [3.63, 3.8) is 0 Å².